The van der Waals surface area contributed by atoms with Crippen molar-refractivity contribution < 1.29 is 4.79 Å². The molecule has 5 heteroatoms. The highest BCUT2D eigenvalue weighted by molar-refractivity contribution is 8.39. The summed E-state index contributed by atoms with van der Waals surface area (Å²) >= 11 is 3.28. The van der Waals surface area contributed by atoms with E-state index < -0.39 is 0 Å². The maximum atomic E-state index is 11.7. The van der Waals surface area contributed by atoms with Gasteiger partial charge in [-0.25, -0.2) is 0 Å². The van der Waals surface area contributed by atoms with Crippen LogP contribution < -0.4 is 5.32 Å². The topological polar surface area (TPSA) is 41.5 Å². The minimum absolute atomic E-state index is 0.0915. The molecule has 0 saturated heterocycles. The number of carbonyl (C=O) groups excluding carboxylic acids is 1. The summed E-state index contributed by atoms with van der Waals surface area (Å²) in [6.07, 6.45) is 0.888. The van der Waals surface area contributed by atoms with Gasteiger partial charge in [0, 0.05) is 12.3 Å². The fourth-order valence-corrected chi connectivity index (χ4v) is 3.65. The standard InChI is InChI=1S/C14H18N2OS2/c1-11-4-2-3-5-12(11)6-7-15-13(17)10-19-14-16-8-9-18-14/h2-5H,6-10H2,1H3,(H,15,17). The van der Waals surface area contributed by atoms with Crippen molar-refractivity contribution in [2.45, 2.75) is 13.3 Å². The molecular formula is C14H18N2OS2. The Hall–Kier alpha value is -0.940. The van der Waals surface area contributed by atoms with Crippen LogP contribution in [0.3, 0.4) is 0 Å². The Bertz CT molecular complexity index is 474. The summed E-state index contributed by atoms with van der Waals surface area (Å²) in [5.41, 5.74) is 2.58. The molecule has 0 radical (unpaired) electrons. The number of nitrogens with one attached hydrogen (secondary N) is 1. The molecule has 0 bridgehead atoms. The number of hydrogen-bond acceptors (Lipinski definition) is 4. The maximum absolute atomic E-state index is 11.7. The molecule has 19 heavy (non-hydrogen) atoms. The van der Waals surface area contributed by atoms with E-state index in [0.717, 1.165) is 23.1 Å². The first kappa shape index (κ1) is 14.5. The lowest BCUT2D eigenvalue weighted by atomic mass is 10.1. The van der Waals surface area contributed by atoms with E-state index in [-0.39, 0.29) is 5.91 Å². The van der Waals surface area contributed by atoms with Gasteiger partial charge in [0.2, 0.25) is 5.91 Å². The van der Waals surface area contributed by atoms with Crippen molar-refractivity contribution in [3.05, 3.63) is 35.4 Å². The number of thioether (sulfide) groups is 2. The average Bonchev–Trinajstić information content (AvgIpc) is 2.92. The smallest absolute Gasteiger partial charge is 0.230 e. The number of aryl methyl sites for hydroxylation is 1. The SMILES string of the molecule is Cc1ccccc1CCNC(=O)CSC1=NCCS1. The summed E-state index contributed by atoms with van der Waals surface area (Å²) in [4.78, 5) is 16.0. The van der Waals surface area contributed by atoms with E-state index in [4.69, 9.17) is 0 Å². The predicted octanol–water partition coefficient (Wildman–Crippen LogP) is 2.49. The van der Waals surface area contributed by atoms with Gasteiger partial charge in [0.25, 0.3) is 0 Å². The van der Waals surface area contributed by atoms with Gasteiger partial charge in [-0.1, -0.05) is 47.8 Å². The van der Waals surface area contributed by atoms with E-state index in [0.29, 0.717) is 12.3 Å². The minimum atomic E-state index is 0.0915. The third kappa shape index (κ3) is 4.91. The van der Waals surface area contributed by atoms with E-state index in [9.17, 15) is 4.79 Å². The van der Waals surface area contributed by atoms with Crippen molar-refractivity contribution in [1.82, 2.24) is 5.32 Å². The Morgan fingerprint density at radius 3 is 3.05 bits per heavy atom. The molecule has 1 N–H and O–H groups in total. The molecule has 0 spiro atoms. The van der Waals surface area contributed by atoms with E-state index >= 15 is 0 Å². The Kier molecular flexibility index (Phi) is 5.79. The zero-order valence-electron chi connectivity index (χ0n) is 11.0. The summed E-state index contributed by atoms with van der Waals surface area (Å²) in [5.74, 6) is 1.62. The first-order valence-electron chi connectivity index (χ1n) is 6.37. The van der Waals surface area contributed by atoms with Crippen LogP contribution in [-0.2, 0) is 11.2 Å². The second-order valence-corrected chi connectivity index (χ2v) is 6.62. The normalized spacial score (nSPS) is 14.3. The van der Waals surface area contributed by atoms with Crippen molar-refractivity contribution in [1.29, 1.82) is 0 Å². The van der Waals surface area contributed by atoms with Crippen LogP contribution in [0.25, 0.3) is 0 Å². The summed E-state index contributed by atoms with van der Waals surface area (Å²) in [6, 6.07) is 8.28. The van der Waals surface area contributed by atoms with Gasteiger partial charge in [-0.2, -0.15) is 0 Å². The lowest BCUT2D eigenvalue weighted by Crippen LogP contribution is -2.27. The molecular weight excluding hydrogens is 276 g/mol. The quantitative estimate of drug-likeness (QED) is 0.907. The van der Waals surface area contributed by atoms with Gasteiger partial charge in [0.05, 0.1) is 12.3 Å². The Balaban J connectivity index is 1.65. The second kappa shape index (κ2) is 7.60. The van der Waals surface area contributed by atoms with Gasteiger partial charge in [-0.05, 0) is 24.5 Å². The highest BCUT2D eigenvalue weighted by Gasteiger charge is 2.10. The Labute approximate surface area is 122 Å². The van der Waals surface area contributed by atoms with Gasteiger partial charge < -0.3 is 5.32 Å². The van der Waals surface area contributed by atoms with Gasteiger partial charge in [-0.15, -0.1) is 0 Å². The van der Waals surface area contributed by atoms with E-state index in [1.165, 1.54) is 11.1 Å². The van der Waals surface area contributed by atoms with Crippen LogP contribution in [0.5, 0.6) is 0 Å². The molecule has 2 rings (SSSR count). The third-order valence-corrected chi connectivity index (χ3v) is 5.11. The van der Waals surface area contributed by atoms with Gasteiger partial charge >= 0.3 is 0 Å². The number of aliphatic imine (C=N–C) groups is 1. The zero-order valence-corrected chi connectivity index (χ0v) is 12.6. The Morgan fingerprint density at radius 2 is 2.32 bits per heavy atom. The minimum Gasteiger partial charge on any atom is -0.355 e. The molecule has 1 aliphatic heterocycles. The van der Waals surface area contributed by atoms with Crippen LogP contribution in [-0.4, -0.2) is 34.9 Å². The summed E-state index contributed by atoms with van der Waals surface area (Å²) < 4.78 is 1.05. The summed E-state index contributed by atoms with van der Waals surface area (Å²) in [6.45, 7) is 3.69. The number of nitrogens with zero attached hydrogens (tertiary/aromatic N) is 1. The molecule has 1 aliphatic rings. The largest absolute Gasteiger partial charge is 0.355 e. The molecule has 1 heterocycles. The maximum Gasteiger partial charge on any atom is 0.230 e. The van der Waals surface area contributed by atoms with Gasteiger partial charge in [0.1, 0.15) is 4.38 Å². The molecule has 0 unspecified atom stereocenters. The van der Waals surface area contributed by atoms with Crippen LogP contribution in [0.15, 0.2) is 29.3 Å². The predicted molar refractivity (Wildman–Crippen MR) is 85.1 cm³/mol. The summed E-state index contributed by atoms with van der Waals surface area (Å²) in [7, 11) is 0. The monoisotopic (exact) mass is 294 g/mol. The molecule has 0 atom stereocenters. The molecule has 0 aromatic heterocycles. The van der Waals surface area contributed by atoms with E-state index in [1.807, 2.05) is 12.1 Å². The highest BCUT2D eigenvalue weighted by Crippen LogP contribution is 2.21. The summed E-state index contributed by atoms with van der Waals surface area (Å²) in [5, 5.41) is 2.96. The number of hydrogen-bond donors (Lipinski definition) is 1. The molecule has 0 aliphatic carbocycles. The van der Waals surface area contributed by atoms with Crippen LogP contribution in [0.2, 0.25) is 0 Å². The van der Waals surface area contributed by atoms with Crippen molar-refractivity contribution in [3.63, 3.8) is 0 Å². The number of carbonyl (C=O) groups is 1. The number of rotatable bonds is 5. The second-order valence-electron chi connectivity index (χ2n) is 4.31. The van der Waals surface area contributed by atoms with E-state index in [2.05, 4.69) is 29.4 Å². The Morgan fingerprint density at radius 1 is 1.47 bits per heavy atom. The molecule has 1 amide bonds. The molecule has 1 aromatic rings. The van der Waals surface area contributed by atoms with Crippen molar-refractivity contribution >= 4 is 33.8 Å². The van der Waals surface area contributed by atoms with Crippen molar-refractivity contribution in [2.75, 3.05) is 24.6 Å². The molecule has 3 nitrogen and oxygen atoms in total. The van der Waals surface area contributed by atoms with Crippen molar-refractivity contribution in [3.8, 4) is 0 Å². The number of benzene rings is 1. The van der Waals surface area contributed by atoms with Gasteiger partial charge in [0.15, 0.2) is 0 Å². The van der Waals surface area contributed by atoms with Crippen LogP contribution >= 0.6 is 23.5 Å². The molecule has 1 aromatic carbocycles. The van der Waals surface area contributed by atoms with Crippen LogP contribution in [0, 0.1) is 6.92 Å². The lowest BCUT2D eigenvalue weighted by Gasteiger charge is -2.07. The van der Waals surface area contributed by atoms with Crippen molar-refractivity contribution in [2.24, 2.45) is 4.99 Å². The zero-order chi connectivity index (χ0) is 13.5. The van der Waals surface area contributed by atoms with Crippen LogP contribution in [0.4, 0.5) is 0 Å². The molecule has 102 valence electrons. The lowest BCUT2D eigenvalue weighted by molar-refractivity contribution is -0.118. The first-order valence-corrected chi connectivity index (χ1v) is 8.34. The fourth-order valence-electron chi connectivity index (χ4n) is 1.81. The fraction of sp³-hybridized carbons (Fsp3) is 0.429. The number of amides is 1. The van der Waals surface area contributed by atoms with E-state index in [1.54, 1.807) is 23.5 Å². The molecule has 0 saturated carbocycles. The van der Waals surface area contributed by atoms with Gasteiger partial charge in [-0.3, -0.25) is 9.79 Å². The first-order chi connectivity index (χ1) is 9.25. The van der Waals surface area contributed by atoms with Crippen LogP contribution in [0.1, 0.15) is 11.1 Å². The highest BCUT2D eigenvalue weighted by atomic mass is 32.2. The molecule has 0 fully saturated rings. The average molecular weight is 294 g/mol. The third-order valence-electron chi connectivity index (χ3n) is 2.86.